The van der Waals surface area contributed by atoms with E-state index in [0.717, 1.165) is 6.07 Å². The van der Waals surface area contributed by atoms with Gasteiger partial charge in [0.25, 0.3) is 15.5 Å². The molecular formula is C11H13F3N2O5S. The summed E-state index contributed by atoms with van der Waals surface area (Å²) < 4.78 is 59.9. The average Bonchev–Trinajstić information content (AvgIpc) is 2.43. The summed E-state index contributed by atoms with van der Waals surface area (Å²) in [4.78, 5) is 8.72. The Morgan fingerprint density at radius 1 is 1.41 bits per heavy atom. The summed E-state index contributed by atoms with van der Waals surface area (Å²) in [5, 5.41) is 22.5. The first-order valence-electron chi connectivity index (χ1n) is 6.01. The van der Waals surface area contributed by atoms with Crippen molar-refractivity contribution >= 4 is 21.2 Å². The molecule has 0 heterocycles. The zero-order valence-corrected chi connectivity index (χ0v) is 12.1. The lowest BCUT2D eigenvalue weighted by molar-refractivity contribution is -0.384. The van der Waals surface area contributed by atoms with Gasteiger partial charge in [0, 0.05) is 12.1 Å². The first-order chi connectivity index (χ1) is 10.0. The van der Waals surface area contributed by atoms with Gasteiger partial charge in [-0.15, -0.1) is 0 Å². The van der Waals surface area contributed by atoms with Crippen LogP contribution in [-0.2, 0) is 9.84 Å². The fourth-order valence-corrected chi connectivity index (χ4v) is 2.36. The molecule has 1 aromatic carbocycles. The summed E-state index contributed by atoms with van der Waals surface area (Å²) in [6.45, 7) is 1.33. The Balaban J connectivity index is 3.36. The normalized spacial score (nSPS) is 13.7. The molecule has 1 atom stereocenters. The molecule has 0 aliphatic heterocycles. The number of nitrogens with one attached hydrogen (secondary N) is 1. The van der Waals surface area contributed by atoms with E-state index in [9.17, 15) is 31.7 Å². The maximum Gasteiger partial charge on any atom is 0.501 e. The number of aliphatic hydroxyl groups excluding tert-OH is 1. The maximum absolute atomic E-state index is 12.5. The molecule has 0 aromatic heterocycles. The van der Waals surface area contributed by atoms with E-state index < -0.39 is 36.9 Å². The van der Waals surface area contributed by atoms with Crippen LogP contribution in [0.1, 0.15) is 13.3 Å². The number of nitro groups is 1. The number of hydrogen-bond donors (Lipinski definition) is 2. The van der Waals surface area contributed by atoms with Crippen LogP contribution in [0.3, 0.4) is 0 Å². The number of aliphatic hydroxyl groups is 1. The van der Waals surface area contributed by atoms with Crippen LogP contribution < -0.4 is 5.32 Å². The van der Waals surface area contributed by atoms with Gasteiger partial charge in [0.2, 0.25) is 0 Å². The predicted octanol–water partition coefficient (Wildman–Crippen LogP) is 2.07. The first kappa shape index (κ1) is 18.2. The van der Waals surface area contributed by atoms with Crippen molar-refractivity contribution in [2.24, 2.45) is 0 Å². The number of benzene rings is 1. The van der Waals surface area contributed by atoms with Crippen LogP contribution in [0.2, 0.25) is 0 Å². The second-order valence-corrected chi connectivity index (χ2v) is 6.26. The Kier molecular flexibility index (Phi) is 5.35. The lowest BCUT2D eigenvalue weighted by Gasteiger charge is -2.16. The lowest BCUT2D eigenvalue weighted by atomic mass is 10.2. The third kappa shape index (κ3) is 3.65. The number of anilines is 1. The number of nitro benzene ring substituents is 1. The second kappa shape index (κ2) is 6.48. The second-order valence-electron chi connectivity index (χ2n) is 4.32. The van der Waals surface area contributed by atoms with E-state index in [0.29, 0.717) is 18.6 Å². The van der Waals surface area contributed by atoms with Crippen molar-refractivity contribution < 1.29 is 31.6 Å². The van der Waals surface area contributed by atoms with Crippen molar-refractivity contribution in [2.45, 2.75) is 29.8 Å². The topological polar surface area (TPSA) is 110 Å². The molecule has 0 radical (unpaired) electrons. The minimum absolute atomic E-state index is 0.174. The molecule has 0 amide bonds. The molecule has 7 nitrogen and oxygen atoms in total. The van der Waals surface area contributed by atoms with E-state index in [1.807, 2.05) is 0 Å². The van der Waals surface area contributed by atoms with E-state index in [1.165, 1.54) is 0 Å². The van der Waals surface area contributed by atoms with E-state index in [4.69, 9.17) is 5.11 Å². The smallest absolute Gasteiger partial charge is 0.394 e. The number of nitrogens with zero attached hydrogens (tertiary/aromatic N) is 1. The number of hydrogen-bond acceptors (Lipinski definition) is 6. The van der Waals surface area contributed by atoms with Crippen LogP contribution in [0.15, 0.2) is 23.1 Å². The highest BCUT2D eigenvalue weighted by atomic mass is 32.2. The van der Waals surface area contributed by atoms with Gasteiger partial charge in [-0.2, -0.15) is 13.2 Å². The van der Waals surface area contributed by atoms with Crippen molar-refractivity contribution in [3.05, 3.63) is 28.3 Å². The number of sulfone groups is 1. The van der Waals surface area contributed by atoms with Crippen LogP contribution in [0.4, 0.5) is 24.5 Å². The highest BCUT2D eigenvalue weighted by Crippen LogP contribution is 2.34. The average molecular weight is 342 g/mol. The Morgan fingerprint density at radius 2 is 2.00 bits per heavy atom. The molecule has 11 heteroatoms. The number of rotatable bonds is 6. The molecule has 1 rings (SSSR count). The summed E-state index contributed by atoms with van der Waals surface area (Å²) in [5.41, 5.74) is -6.54. The number of alkyl halides is 3. The van der Waals surface area contributed by atoms with Crippen molar-refractivity contribution in [3.8, 4) is 0 Å². The van der Waals surface area contributed by atoms with Crippen LogP contribution in [0.25, 0.3) is 0 Å². The SMILES string of the molecule is CC[C@H](CO)Nc1ccc(S(=O)(=O)C(F)(F)F)cc1[N+](=O)[O-]. The van der Waals surface area contributed by atoms with Gasteiger partial charge in [0.1, 0.15) is 5.69 Å². The van der Waals surface area contributed by atoms with Crippen LogP contribution in [0, 0.1) is 10.1 Å². The minimum Gasteiger partial charge on any atom is -0.394 e. The van der Waals surface area contributed by atoms with Gasteiger partial charge in [-0.1, -0.05) is 6.92 Å². The molecule has 0 aliphatic rings. The van der Waals surface area contributed by atoms with Crippen molar-refractivity contribution in [1.82, 2.24) is 0 Å². The van der Waals surface area contributed by atoms with Gasteiger partial charge >= 0.3 is 5.51 Å². The molecule has 0 spiro atoms. The fraction of sp³-hybridized carbons (Fsp3) is 0.455. The summed E-state index contributed by atoms with van der Waals surface area (Å²) in [6.07, 6.45) is 0.399. The molecule has 0 aliphatic carbocycles. The third-order valence-electron chi connectivity index (χ3n) is 2.85. The Labute approximate surface area is 123 Å². The first-order valence-corrected chi connectivity index (χ1v) is 7.50. The molecule has 0 bridgehead atoms. The molecule has 2 N–H and O–H groups in total. The Morgan fingerprint density at radius 3 is 2.41 bits per heavy atom. The summed E-state index contributed by atoms with van der Waals surface area (Å²) in [7, 11) is -5.67. The van der Waals surface area contributed by atoms with Gasteiger partial charge in [0.05, 0.1) is 16.4 Å². The van der Waals surface area contributed by atoms with E-state index in [-0.39, 0.29) is 12.3 Å². The molecule has 0 saturated carbocycles. The largest absolute Gasteiger partial charge is 0.501 e. The van der Waals surface area contributed by atoms with Gasteiger partial charge in [-0.25, -0.2) is 8.42 Å². The Bertz CT molecular complexity index is 656. The van der Waals surface area contributed by atoms with Crippen molar-refractivity contribution in [2.75, 3.05) is 11.9 Å². The zero-order chi connectivity index (χ0) is 17.1. The Hall–Kier alpha value is -1.88. The van der Waals surface area contributed by atoms with E-state index in [1.54, 1.807) is 6.92 Å². The van der Waals surface area contributed by atoms with Crippen LogP contribution >= 0.6 is 0 Å². The highest BCUT2D eigenvalue weighted by molar-refractivity contribution is 7.92. The monoisotopic (exact) mass is 342 g/mol. The molecule has 0 saturated heterocycles. The van der Waals surface area contributed by atoms with Gasteiger partial charge < -0.3 is 10.4 Å². The van der Waals surface area contributed by atoms with E-state index in [2.05, 4.69) is 5.32 Å². The number of halogens is 3. The van der Waals surface area contributed by atoms with Crippen molar-refractivity contribution in [1.29, 1.82) is 0 Å². The third-order valence-corrected chi connectivity index (χ3v) is 4.34. The molecule has 22 heavy (non-hydrogen) atoms. The van der Waals surface area contributed by atoms with E-state index >= 15 is 0 Å². The van der Waals surface area contributed by atoms with Crippen molar-refractivity contribution in [3.63, 3.8) is 0 Å². The highest BCUT2D eigenvalue weighted by Gasteiger charge is 2.47. The molecular weight excluding hydrogens is 329 g/mol. The fourth-order valence-electron chi connectivity index (χ4n) is 1.58. The van der Waals surface area contributed by atoms with Gasteiger partial charge in [-0.05, 0) is 18.6 Å². The summed E-state index contributed by atoms with van der Waals surface area (Å²) >= 11 is 0. The summed E-state index contributed by atoms with van der Waals surface area (Å²) in [5.74, 6) is 0. The van der Waals surface area contributed by atoms with Gasteiger partial charge in [-0.3, -0.25) is 10.1 Å². The predicted molar refractivity (Wildman–Crippen MR) is 71.1 cm³/mol. The lowest BCUT2D eigenvalue weighted by Crippen LogP contribution is -2.24. The molecule has 0 fully saturated rings. The molecule has 0 unspecified atom stereocenters. The quantitative estimate of drug-likeness (QED) is 0.605. The van der Waals surface area contributed by atoms with Crippen LogP contribution in [-0.4, -0.2) is 36.6 Å². The standard InChI is InChI=1S/C11H13F3N2O5S/c1-2-7(6-17)15-9-4-3-8(5-10(9)16(18)19)22(20,21)11(12,13)14/h3-5,7,15,17H,2,6H2,1H3/t7-/m1/s1. The molecule has 1 aromatic rings. The minimum atomic E-state index is -5.67. The van der Waals surface area contributed by atoms with Gasteiger partial charge in [0.15, 0.2) is 0 Å². The zero-order valence-electron chi connectivity index (χ0n) is 11.3. The summed E-state index contributed by atoms with van der Waals surface area (Å²) in [6, 6.07) is 1.29. The van der Waals surface area contributed by atoms with Crippen LogP contribution in [0.5, 0.6) is 0 Å². The molecule has 124 valence electrons. The maximum atomic E-state index is 12.5.